The van der Waals surface area contributed by atoms with E-state index < -0.39 is 5.97 Å². The Labute approximate surface area is 116 Å². The highest BCUT2D eigenvalue weighted by Gasteiger charge is 2.13. The van der Waals surface area contributed by atoms with Crippen molar-refractivity contribution < 1.29 is 19.4 Å². The zero-order valence-electron chi connectivity index (χ0n) is 11.2. The molecule has 0 fully saturated rings. The van der Waals surface area contributed by atoms with Gasteiger partial charge in [0.2, 0.25) is 0 Å². The fraction of sp³-hybridized carbons (Fsp3) is 0.200. The lowest BCUT2D eigenvalue weighted by molar-refractivity contribution is 0.0696. The number of pyridine rings is 1. The van der Waals surface area contributed by atoms with Crippen LogP contribution in [0.5, 0.6) is 11.5 Å². The highest BCUT2D eigenvalue weighted by Crippen LogP contribution is 2.31. The molecule has 104 valence electrons. The van der Waals surface area contributed by atoms with Crippen LogP contribution >= 0.6 is 0 Å². The van der Waals surface area contributed by atoms with E-state index >= 15 is 0 Å². The van der Waals surface area contributed by atoms with Gasteiger partial charge < -0.3 is 14.6 Å². The lowest BCUT2D eigenvalue weighted by Gasteiger charge is -2.17. The third-order valence-electron chi connectivity index (χ3n) is 2.89. The maximum atomic E-state index is 10.9. The molecule has 0 spiro atoms. The molecule has 0 bridgehead atoms. The second kappa shape index (κ2) is 6.06. The molecule has 0 aliphatic carbocycles. The minimum atomic E-state index is -1.00. The predicted molar refractivity (Wildman–Crippen MR) is 73.2 cm³/mol. The maximum absolute atomic E-state index is 10.9. The molecule has 2 aromatic rings. The Hall–Kier alpha value is -2.56. The van der Waals surface area contributed by atoms with Crippen molar-refractivity contribution in [2.45, 2.75) is 13.0 Å². The van der Waals surface area contributed by atoms with Crippen LogP contribution in [0.3, 0.4) is 0 Å². The van der Waals surface area contributed by atoms with E-state index in [1.807, 2.05) is 19.1 Å². The average Bonchev–Trinajstić information content (AvgIpc) is 2.48. The van der Waals surface area contributed by atoms with Crippen molar-refractivity contribution in [3.8, 4) is 11.5 Å². The molecule has 0 aliphatic rings. The number of nitrogens with zero attached hydrogens (tertiary/aromatic N) is 1. The molecule has 1 unspecified atom stereocenters. The van der Waals surface area contributed by atoms with E-state index in [4.69, 9.17) is 14.6 Å². The number of hydrogen-bond donors (Lipinski definition) is 1. The molecule has 0 saturated carbocycles. The molecule has 0 saturated heterocycles. The van der Waals surface area contributed by atoms with E-state index in [2.05, 4.69) is 4.98 Å². The van der Waals surface area contributed by atoms with Gasteiger partial charge in [0.15, 0.2) is 11.5 Å². The number of benzene rings is 1. The van der Waals surface area contributed by atoms with E-state index in [0.717, 1.165) is 5.56 Å². The number of ether oxygens (including phenoxy) is 2. The topological polar surface area (TPSA) is 68.7 Å². The molecule has 1 N–H and O–H groups in total. The SMILES string of the molecule is COc1cc(C(=O)O)ccc1OC(C)c1ccncc1. The van der Waals surface area contributed by atoms with Crippen molar-refractivity contribution in [2.24, 2.45) is 0 Å². The van der Waals surface area contributed by atoms with E-state index in [-0.39, 0.29) is 11.7 Å². The van der Waals surface area contributed by atoms with Crippen molar-refractivity contribution in [3.63, 3.8) is 0 Å². The lowest BCUT2D eigenvalue weighted by Crippen LogP contribution is -2.05. The third kappa shape index (κ3) is 3.06. The van der Waals surface area contributed by atoms with E-state index in [9.17, 15) is 4.79 Å². The third-order valence-corrected chi connectivity index (χ3v) is 2.89. The first kappa shape index (κ1) is 13.9. The van der Waals surface area contributed by atoms with Crippen molar-refractivity contribution in [3.05, 3.63) is 53.9 Å². The van der Waals surface area contributed by atoms with E-state index in [0.29, 0.717) is 11.5 Å². The largest absolute Gasteiger partial charge is 0.493 e. The first-order valence-corrected chi connectivity index (χ1v) is 6.09. The second-order valence-electron chi connectivity index (χ2n) is 4.21. The minimum Gasteiger partial charge on any atom is -0.493 e. The Bertz CT molecular complexity index is 598. The van der Waals surface area contributed by atoms with Crippen LogP contribution in [0.25, 0.3) is 0 Å². The van der Waals surface area contributed by atoms with Gasteiger partial charge in [-0.15, -0.1) is 0 Å². The number of rotatable bonds is 5. The molecule has 1 heterocycles. The van der Waals surface area contributed by atoms with Gasteiger partial charge in [-0.25, -0.2) is 4.79 Å². The number of methoxy groups -OCH3 is 1. The van der Waals surface area contributed by atoms with Crippen LogP contribution in [0.4, 0.5) is 0 Å². The summed E-state index contributed by atoms with van der Waals surface area (Å²) in [5.41, 5.74) is 1.13. The van der Waals surface area contributed by atoms with Crippen molar-refractivity contribution in [1.29, 1.82) is 0 Å². The van der Waals surface area contributed by atoms with Gasteiger partial charge in [0.05, 0.1) is 12.7 Å². The average molecular weight is 273 g/mol. The van der Waals surface area contributed by atoms with Gasteiger partial charge in [0, 0.05) is 12.4 Å². The molecule has 1 atom stereocenters. The fourth-order valence-electron chi connectivity index (χ4n) is 1.79. The van der Waals surface area contributed by atoms with Gasteiger partial charge in [-0.1, -0.05) is 0 Å². The van der Waals surface area contributed by atoms with Crippen LogP contribution in [0.15, 0.2) is 42.7 Å². The number of carbonyl (C=O) groups is 1. The van der Waals surface area contributed by atoms with Crippen LogP contribution in [0.2, 0.25) is 0 Å². The van der Waals surface area contributed by atoms with Gasteiger partial charge in [0.25, 0.3) is 0 Å². The van der Waals surface area contributed by atoms with Crippen molar-refractivity contribution in [2.75, 3.05) is 7.11 Å². The van der Waals surface area contributed by atoms with Crippen LogP contribution in [-0.2, 0) is 0 Å². The van der Waals surface area contributed by atoms with Crippen molar-refractivity contribution in [1.82, 2.24) is 4.98 Å². The summed E-state index contributed by atoms with van der Waals surface area (Å²) < 4.78 is 11.0. The van der Waals surface area contributed by atoms with Gasteiger partial charge >= 0.3 is 5.97 Å². The molecule has 1 aromatic heterocycles. The molecule has 0 amide bonds. The number of aromatic carboxylic acids is 1. The monoisotopic (exact) mass is 273 g/mol. The summed E-state index contributed by atoms with van der Waals surface area (Å²) in [5, 5.41) is 8.95. The quantitative estimate of drug-likeness (QED) is 0.907. The summed E-state index contributed by atoms with van der Waals surface area (Å²) >= 11 is 0. The summed E-state index contributed by atoms with van der Waals surface area (Å²) in [5.74, 6) is -0.107. The first-order chi connectivity index (χ1) is 9.61. The molecular weight excluding hydrogens is 258 g/mol. The highest BCUT2D eigenvalue weighted by molar-refractivity contribution is 5.88. The second-order valence-corrected chi connectivity index (χ2v) is 4.21. The molecule has 1 aromatic carbocycles. The Morgan fingerprint density at radius 1 is 1.20 bits per heavy atom. The molecule has 5 heteroatoms. The van der Waals surface area contributed by atoms with Crippen LogP contribution in [0.1, 0.15) is 28.9 Å². The molecular formula is C15H15NO4. The Kier molecular flexibility index (Phi) is 4.20. The molecule has 5 nitrogen and oxygen atoms in total. The first-order valence-electron chi connectivity index (χ1n) is 6.09. The van der Waals surface area contributed by atoms with Gasteiger partial charge in [-0.05, 0) is 42.8 Å². The van der Waals surface area contributed by atoms with Crippen LogP contribution in [-0.4, -0.2) is 23.2 Å². The van der Waals surface area contributed by atoms with E-state index in [1.165, 1.54) is 19.2 Å². The summed E-state index contributed by atoms with van der Waals surface area (Å²) in [7, 11) is 1.48. The zero-order valence-corrected chi connectivity index (χ0v) is 11.2. The molecule has 0 radical (unpaired) electrons. The Morgan fingerprint density at radius 3 is 2.50 bits per heavy atom. The summed E-state index contributed by atoms with van der Waals surface area (Å²) in [6, 6.07) is 8.25. The van der Waals surface area contributed by atoms with Gasteiger partial charge in [-0.3, -0.25) is 4.98 Å². The number of carboxylic acid groups (broad SMARTS) is 1. The molecule has 20 heavy (non-hydrogen) atoms. The number of hydrogen-bond acceptors (Lipinski definition) is 4. The smallest absolute Gasteiger partial charge is 0.335 e. The fourth-order valence-corrected chi connectivity index (χ4v) is 1.79. The van der Waals surface area contributed by atoms with Crippen LogP contribution < -0.4 is 9.47 Å². The molecule has 2 rings (SSSR count). The van der Waals surface area contributed by atoms with E-state index in [1.54, 1.807) is 18.5 Å². The maximum Gasteiger partial charge on any atom is 0.335 e. The van der Waals surface area contributed by atoms with Gasteiger partial charge in [0.1, 0.15) is 6.10 Å². The Morgan fingerprint density at radius 2 is 1.90 bits per heavy atom. The standard InChI is InChI=1S/C15H15NO4/c1-10(11-5-7-16-8-6-11)20-13-4-3-12(15(17)18)9-14(13)19-2/h3-10H,1-2H3,(H,17,18). The lowest BCUT2D eigenvalue weighted by atomic mass is 10.1. The summed E-state index contributed by atoms with van der Waals surface area (Å²) in [6.07, 6.45) is 3.20. The highest BCUT2D eigenvalue weighted by atomic mass is 16.5. The summed E-state index contributed by atoms with van der Waals surface area (Å²) in [6.45, 7) is 1.90. The zero-order chi connectivity index (χ0) is 14.5. The van der Waals surface area contributed by atoms with Gasteiger partial charge in [-0.2, -0.15) is 0 Å². The summed E-state index contributed by atoms with van der Waals surface area (Å²) in [4.78, 5) is 14.9. The van der Waals surface area contributed by atoms with Crippen LogP contribution in [0, 0.1) is 0 Å². The number of carboxylic acids is 1. The van der Waals surface area contributed by atoms with Crippen molar-refractivity contribution >= 4 is 5.97 Å². The predicted octanol–water partition coefficient (Wildman–Crippen LogP) is 2.93. The molecule has 0 aliphatic heterocycles. The minimum absolute atomic E-state index is 0.158. The Balaban J connectivity index is 2.23. The number of aromatic nitrogens is 1. The normalized spacial score (nSPS) is 11.7.